The normalized spacial score (nSPS) is 15.5. The molecule has 2 aliphatic heterocycles. The number of rotatable bonds is 20. The van der Waals surface area contributed by atoms with Crippen molar-refractivity contribution in [2.24, 2.45) is 10.9 Å². The van der Waals surface area contributed by atoms with Crippen LogP contribution in [-0.2, 0) is 50.4 Å². The first-order chi connectivity index (χ1) is 35.2. The van der Waals surface area contributed by atoms with Crippen LogP contribution in [0.25, 0.3) is 0 Å². The van der Waals surface area contributed by atoms with Gasteiger partial charge in [0.2, 0.25) is 12.5 Å². The van der Waals surface area contributed by atoms with E-state index < -0.39 is 59.3 Å². The van der Waals surface area contributed by atoms with E-state index in [4.69, 9.17) is 25.0 Å². The Morgan fingerprint density at radius 2 is 1.29 bits per heavy atom. The summed E-state index contributed by atoms with van der Waals surface area (Å²) in [4.78, 5) is 80.4. The number of aromatic nitrogens is 1. The molecule has 4 N–H and O–H groups in total. The van der Waals surface area contributed by atoms with Gasteiger partial charge in [-0.3, -0.25) is 19.3 Å². The molecule has 0 unspecified atom stereocenters. The number of nitrogens with zero attached hydrogens (tertiary/aromatic N) is 3. The van der Waals surface area contributed by atoms with E-state index >= 15 is 0 Å². The number of β-lactam (4-membered cyclic amide) rings is 1. The summed E-state index contributed by atoms with van der Waals surface area (Å²) in [6.07, 6.45) is -0.834. The first-order valence-corrected chi connectivity index (χ1v) is 25.6. The molecule has 3 amide bonds. The fourth-order valence-corrected chi connectivity index (χ4v) is 11.4. The van der Waals surface area contributed by atoms with E-state index in [9.17, 15) is 24.0 Å². The van der Waals surface area contributed by atoms with Gasteiger partial charge in [0.25, 0.3) is 11.8 Å². The number of oxime groups is 1. The molecule has 0 bridgehead atoms. The third-order valence-electron chi connectivity index (χ3n) is 11.7. The number of ether oxygens (including phenoxy) is 2. The van der Waals surface area contributed by atoms with Crippen LogP contribution in [-0.4, -0.2) is 74.8 Å². The maximum Gasteiger partial charge on any atom is 0.356 e. The Balaban J connectivity index is 1.00. The molecule has 0 radical (unpaired) electrons. The van der Waals surface area contributed by atoms with Crippen molar-refractivity contribution >= 4 is 75.4 Å². The van der Waals surface area contributed by atoms with E-state index in [0.29, 0.717) is 21.2 Å². The third-order valence-corrected chi connectivity index (χ3v) is 15.0. The quantitative estimate of drug-likeness (QED) is 0.0219. The summed E-state index contributed by atoms with van der Waals surface area (Å²) in [5.41, 5.74) is 9.24. The van der Waals surface area contributed by atoms with Crippen molar-refractivity contribution in [2.45, 2.75) is 29.7 Å². The maximum absolute atomic E-state index is 14.6. The summed E-state index contributed by atoms with van der Waals surface area (Å²) >= 11 is 3.56. The molecule has 3 heterocycles. The minimum absolute atomic E-state index is 0.00155. The molecule has 9 rings (SSSR count). The molecule has 362 valence electrons. The van der Waals surface area contributed by atoms with Gasteiger partial charge >= 0.3 is 11.9 Å². The van der Waals surface area contributed by atoms with Gasteiger partial charge in [-0.1, -0.05) is 187 Å². The highest BCUT2D eigenvalue weighted by Crippen LogP contribution is 2.45. The molecule has 14 nitrogen and oxygen atoms in total. The van der Waals surface area contributed by atoms with Gasteiger partial charge in [-0.05, 0) is 33.4 Å². The van der Waals surface area contributed by atoms with Crippen molar-refractivity contribution < 1.29 is 38.3 Å². The maximum atomic E-state index is 14.6. The Bertz CT molecular complexity index is 2960. The smallest absolute Gasteiger partial charge is 0.356 e. The van der Waals surface area contributed by atoms with Crippen molar-refractivity contribution in [3.63, 3.8) is 0 Å². The number of esters is 2. The second-order valence-corrected chi connectivity index (χ2v) is 19.4. The molecule has 1 saturated heterocycles. The molecule has 72 heavy (non-hydrogen) atoms. The minimum atomic E-state index is -1.15. The highest BCUT2D eigenvalue weighted by atomic mass is 32.2. The standard InChI is InChI=1S/C55H46N6O8S3/c56-44(62)35-70-43-34-71-52-47(51(65)61(52)48(43)53(66)69-49(37-21-9-2-10-22-37)38-23-11-3-12-24-38)58-50(64)46(60-68-32-45(63)67-31-36-19-7-1-8-20-36)42-33-72-54(57-42)59-55(39-25-13-4-14-26-39,40-27-15-5-16-28-40)41-29-17-6-18-30-41/h1-30,33,47,49,52H,31-32,34-35H2,(H2,56,62)(H,57,59)(H,58,64)/b60-46-/t47-,52-/m1/s1. The van der Waals surface area contributed by atoms with Crippen LogP contribution in [0.15, 0.2) is 203 Å². The van der Waals surface area contributed by atoms with Crippen molar-refractivity contribution in [2.75, 3.05) is 23.4 Å². The highest BCUT2D eigenvalue weighted by Gasteiger charge is 2.55. The topological polar surface area (TPSA) is 192 Å². The average Bonchev–Trinajstić information content (AvgIpc) is 3.89. The van der Waals surface area contributed by atoms with E-state index in [-0.39, 0.29) is 35.2 Å². The fourth-order valence-electron chi connectivity index (χ4n) is 8.32. The Morgan fingerprint density at radius 1 is 0.764 bits per heavy atom. The van der Waals surface area contributed by atoms with Crippen molar-refractivity contribution in [3.05, 3.63) is 237 Å². The van der Waals surface area contributed by atoms with Crippen LogP contribution in [0.1, 0.15) is 45.2 Å². The van der Waals surface area contributed by atoms with Gasteiger partial charge in [-0.2, -0.15) is 0 Å². The largest absolute Gasteiger partial charge is 0.458 e. The third kappa shape index (κ3) is 11.0. The number of hydrogen-bond acceptors (Lipinski definition) is 14. The zero-order valence-electron chi connectivity index (χ0n) is 38.4. The summed E-state index contributed by atoms with van der Waals surface area (Å²) in [5.74, 6) is -3.52. The van der Waals surface area contributed by atoms with Crippen LogP contribution < -0.4 is 16.4 Å². The number of amides is 3. The Labute approximate surface area is 427 Å². The number of primary amides is 1. The van der Waals surface area contributed by atoms with Gasteiger partial charge in [-0.25, -0.2) is 14.6 Å². The lowest BCUT2D eigenvalue weighted by molar-refractivity contribution is -0.154. The zero-order chi connectivity index (χ0) is 49.9. The number of carbonyl (C=O) groups excluding carboxylic acids is 5. The van der Waals surface area contributed by atoms with Crippen molar-refractivity contribution in [3.8, 4) is 0 Å². The zero-order valence-corrected chi connectivity index (χ0v) is 40.8. The lowest BCUT2D eigenvalue weighted by Crippen LogP contribution is -2.71. The summed E-state index contributed by atoms with van der Waals surface area (Å²) in [6.45, 7) is -0.639. The summed E-state index contributed by atoms with van der Waals surface area (Å²) in [6, 6.07) is 56.2. The summed E-state index contributed by atoms with van der Waals surface area (Å²) < 4.78 is 11.6. The second kappa shape index (κ2) is 22.8. The van der Waals surface area contributed by atoms with Crippen LogP contribution in [0.4, 0.5) is 5.13 Å². The van der Waals surface area contributed by atoms with Crippen molar-refractivity contribution in [1.29, 1.82) is 0 Å². The van der Waals surface area contributed by atoms with Gasteiger partial charge in [0, 0.05) is 16.0 Å². The molecule has 2 aliphatic rings. The molecule has 1 fully saturated rings. The molecule has 6 aromatic carbocycles. The van der Waals surface area contributed by atoms with Crippen LogP contribution >= 0.6 is 34.9 Å². The summed E-state index contributed by atoms with van der Waals surface area (Å²) in [7, 11) is 0. The van der Waals surface area contributed by atoms with Crippen LogP contribution in [0.5, 0.6) is 0 Å². The number of thioether (sulfide) groups is 2. The molecule has 1 aromatic heterocycles. The molecular weight excluding hydrogens is 969 g/mol. The number of nitrogens with one attached hydrogen (secondary N) is 2. The lowest BCUT2D eigenvalue weighted by Gasteiger charge is -2.49. The van der Waals surface area contributed by atoms with E-state index in [0.717, 1.165) is 34.0 Å². The number of nitrogens with two attached hydrogens (primary N) is 1. The second-order valence-electron chi connectivity index (χ2n) is 16.4. The predicted octanol–water partition coefficient (Wildman–Crippen LogP) is 8.17. The van der Waals surface area contributed by atoms with Crippen LogP contribution in [0.3, 0.4) is 0 Å². The molecule has 17 heteroatoms. The molecule has 2 atom stereocenters. The van der Waals surface area contributed by atoms with E-state index in [2.05, 4.69) is 15.8 Å². The number of benzene rings is 6. The van der Waals surface area contributed by atoms with Gasteiger partial charge in [0.15, 0.2) is 16.9 Å². The van der Waals surface area contributed by atoms with Crippen LogP contribution in [0, 0.1) is 0 Å². The van der Waals surface area contributed by atoms with E-state index in [1.807, 2.05) is 182 Å². The number of carbonyl (C=O) groups is 5. The average molecular weight is 1020 g/mol. The minimum Gasteiger partial charge on any atom is -0.458 e. The van der Waals surface area contributed by atoms with Crippen molar-refractivity contribution in [1.82, 2.24) is 15.2 Å². The lowest BCUT2D eigenvalue weighted by atomic mass is 9.77. The Kier molecular flexibility index (Phi) is 15.5. The monoisotopic (exact) mass is 1010 g/mol. The first kappa shape index (κ1) is 49.0. The van der Waals surface area contributed by atoms with Crippen LogP contribution in [0.2, 0.25) is 0 Å². The number of hydrogen-bond donors (Lipinski definition) is 3. The Hall–Kier alpha value is -7.99. The first-order valence-electron chi connectivity index (χ1n) is 22.7. The molecule has 0 saturated carbocycles. The molecule has 7 aromatic rings. The fraction of sp³-hybridized carbons (Fsp3) is 0.145. The SMILES string of the molecule is NC(=O)CSC1=C(C(=O)OC(c2ccccc2)c2ccccc2)N2C(=O)[C@@H](NC(=O)/C(=N\OCC(=O)OCc3ccccc3)c3csc(NC(c4ccccc4)(c4ccccc4)c4ccccc4)n3)[C@H]2SC1. The molecular formula is C55H46N6O8S3. The van der Waals surface area contributed by atoms with Gasteiger partial charge in [0.05, 0.1) is 5.75 Å². The number of fused-ring (bicyclic) bond motifs is 1. The molecule has 0 aliphatic carbocycles. The van der Waals surface area contributed by atoms with Gasteiger partial charge < -0.3 is 30.7 Å². The van der Waals surface area contributed by atoms with Gasteiger partial charge in [0.1, 0.15) is 35.0 Å². The van der Waals surface area contributed by atoms with E-state index in [1.54, 1.807) is 5.38 Å². The Morgan fingerprint density at radius 3 is 1.83 bits per heavy atom. The molecule has 0 spiro atoms. The van der Waals surface area contributed by atoms with E-state index in [1.165, 1.54) is 28.0 Å². The number of anilines is 1. The number of thiazole rings is 1. The predicted molar refractivity (Wildman–Crippen MR) is 278 cm³/mol. The highest BCUT2D eigenvalue weighted by molar-refractivity contribution is 8.06. The van der Waals surface area contributed by atoms with Gasteiger partial charge in [-0.15, -0.1) is 34.9 Å². The summed E-state index contributed by atoms with van der Waals surface area (Å²) in [5, 5.41) is 11.9.